The number of terminal acetylenes is 1. The van der Waals surface area contributed by atoms with Crippen LogP contribution in [-0.4, -0.2) is 30.3 Å². The smallest absolute Gasteiger partial charge is 0.400 e. The summed E-state index contributed by atoms with van der Waals surface area (Å²) in [7, 11) is 0. The largest absolute Gasteiger partial charge is 0.409 e. The summed E-state index contributed by atoms with van der Waals surface area (Å²) in [5, 5.41) is 13.1. The molecule has 0 heterocycles. The van der Waals surface area contributed by atoms with Crippen molar-refractivity contribution >= 4 is 5.84 Å². The summed E-state index contributed by atoms with van der Waals surface area (Å²) >= 11 is 0. The summed E-state index contributed by atoms with van der Waals surface area (Å²) < 4.78 is 37.2. The molecule has 0 saturated carbocycles. The predicted molar refractivity (Wildman–Crippen MR) is 53.9 cm³/mol. The van der Waals surface area contributed by atoms with Gasteiger partial charge in [-0.2, -0.15) is 13.2 Å². The zero-order valence-electron chi connectivity index (χ0n) is 8.59. The molecule has 4 nitrogen and oxygen atoms in total. The molecule has 7 heteroatoms. The molecule has 0 radical (unpaired) electrons. The number of nitrogens with zero attached hydrogens (tertiary/aromatic N) is 1. The topological polar surface area (TPSA) is 70.6 Å². The molecule has 0 aromatic heterocycles. The van der Waals surface area contributed by atoms with E-state index in [0.717, 1.165) is 0 Å². The minimum Gasteiger partial charge on any atom is -0.409 e. The second-order valence-electron chi connectivity index (χ2n) is 3.13. The third kappa shape index (κ3) is 5.46. The maximum atomic E-state index is 12.4. The van der Waals surface area contributed by atoms with Crippen molar-refractivity contribution in [1.29, 1.82) is 0 Å². The zero-order chi connectivity index (χ0) is 12.6. The minimum atomic E-state index is -4.53. The molecule has 0 aliphatic rings. The molecule has 16 heavy (non-hydrogen) atoms. The van der Waals surface area contributed by atoms with Crippen LogP contribution in [0.25, 0.3) is 0 Å². The first kappa shape index (κ1) is 14.6. The third-order valence-corrected chi connectivity index (χ3v) is 1.89. The quantitative estimate of drug-likeness (QED) is 0.161. The van der Waals surface area contributed by atoms with Gasteiger partial charge in [0.25, 0.3) is 0 Å². The van der Waals surface area contributed by atoms with Crippen LogP contribution >= 0.6 is 0 Å². The minimum absolute atomic E-state index is 0.357. The molecule has 0 amide bonds. The summed E-state index contributed by atoms with van der Waals surface area (Å²) in [4.78, 5) is 0. The average molecular weight is 237 g/mol. The van der Waals surface area contributed by atoms with Gasteiger partial charge in [-0.1, -0.05) is 5.16 Å². The fourth-order valence-corrected chi connectivity index (χ4v) is 1.02. The SMILES string of the molecule is C#CCCCNCC(C(N)=NO)C(F)(F)F. The van der Waals surface area contributed by atoms with Crippen molar-refractivity contribution in [2.75, 3.05) is 13.1 Å². The second-order valence-corrected chi connectivity index (χ2v) is 3.13. The van der Waals surface area contributed by atoms with Crippen LogP contribution in [0.2, 0.25) is 0 Å². The highest BCUT2D eigenvalue weighted by Crippen LogP contribution is 2.25. The molecule has 0 spiro atoms. The van der Waals surface area contributed by atoms with Crippen LogP contribution in [0.4, 0.5) is 13.2 Å². The van der Waals surface area contributed by atoms with Gasteiger partial charge in [0.15, 0.2) is 5.84 Å². The molecular weight excluding hydrogens is 223 g/mol. The number of nitrogens with two attached hydrogens (primary N) is 1. The van der Waals surface area contributed by atoms with Gasteiger partial charge >= 0.3 is 6.18 Å². The fraction of sp³-hybridized carbons (Fsp3) is 0.667. The van der Waals surface area contributed by atoms with Gasteiger partial charge in [0.1, 0.15) is 5.92 Å². The Hall–Kier alpha value is -1.42. The van der Waals surface area contributed by atoms with Gasteiger partial charge in [0, 0.05) is 13.0 Å². The zero-order valence-corrected chi connectivity index (χ0v) is 8.59. The fourth-order valence-electron chi connectivity index (χ4n) is 1.02. The van der Waals surface area contributed by atoms with Gasteiger partial charge in [0.2, 0.25) is 0 Å². The normalized spacial score (nSPS) is 14.5. The van der Waals surface area contributed by atoms with Crippen molar-refractivity contribution in [2.45, 2.75) is 19.0 Å². The van der Waals surface area contributed by atoms with E-state index in [4.69, 9.17) is 17.4 Å². The lowest BCUT2D eigenvalue weighted by Gasteiger charge is -2.19. The number of oxime groups is 1. The maximum Gasteiger partial charge on any atom is 0.400 e. The van der Waals surface area contributed by atoms with E-state index in [0.29, 0.717) is 19.4 Å². The monoisotopic (exact) mass is 237 g/mol. The molecule has 1 unspecified atom stereocenters. The van der Waals surface area contributed by atoms with E-state index in [1.54, 1.807) is 0 Å². The van der Waals surface area contributed by atoms with E-state index in [-0.39, 0.29) is 0 Å². The Morgan fingerprint density at radius 2 is 2.19 bits per heavy atom. The Balaban J connectivity index is 4.11. The van der Waals surface area contributed by atoms with Gasteiger partial charge in [-0.05, 0) is 13.0 Å². The van der Waals surface area contributed by atoms with Crippen molar-refractivity contribution in [3.05, 3.63) is 0 Å². The van der Waals surface area contributed by atoms with Gasteiger partial charge in [-0.25, -0.2) is 0 Å². The molecule has 0 aliphatic heterocycles. The summed E-state index contributed by atoms with van der Waals surface area (Å²) in [5.74, 6) is -0.464. The molecule has 0 fully saturated rings. The number of nitrogens with one attached hydrogen (secondary N) is 1. The van der Waals surface area contributed by atoms with Crippen LogP contribution in [-0.2, 0) is 0 Å². The Morgan fingerprint density at radius 1 is 1.56 bits per heavy atom. The first-order valence-corrected chi connectivity index (χ1v) is 4.61. The van der Waals surface area contributed by atoms with E-state index in [1.807, 2.05) is 0 Å². The molecule has 0 bridgehead atoms. The van der Waals surface area contributed by atoms with Gasteiger partial charge in [0.05, 0.1) is 0 Å². The number of amidine groups is 1. The number of hydrogen-bond donors (Lipinski definition) is 3. The maximum absolute atomic E-state index is 12.4. The summed E-state index contributed by atoms with van der Waals surface area (Å²) in [5.41, 5.74) is 4.95. The molecule has 0 aliphatic carbocycles. The summed E-state index contributed by atoms with van der Waals surface area (Å²) in [6.45, 7) is -0.0700. The number of hydrogen-bond acceptors (Lipinski definition) is 3. The highest BCUT2D eigenvalue weighted by molar-refractivity contribution is 5.83. The van der Waals surface area contributed by atoms with Crippen molar-refractivity contribution in [1.82, 2.24) is 5.32 Å². The molecule has 4 N–H and O–H groups in total. The summed E-state index contributed by atoms with van der Waals surface area (Å²) in [6, 6.07) is 0. The molecule has 0 saturated heterocycles. The summed E-state index contributed by atoms with van der Waals surface area (Å²) in [6.07, 6.45) is 1.52. The number of halogens is 3. The lowest BCUT2D eigenvalue weighted by atomic mass is 10.1. The Kier molecular flexibility index (Phi) is 6.34. The van der Waals surface area contributed by atoms with Gasteiger partial charge < -0.3 is 16.3 Å². The molecule has 1 atom stereocenters. The standard InChI is InChI=1S/C9H14F3N3O/c1-2-3-4-5-14-6-7(8(13)15-16)9(10,11)12/h1,7,14,16H,3-6H2,(H2,13,15). The van der Waals surface area contributed by atoms with Gasteiger partial charge in [-0.3, -0.25) is 0 Å². The highest BCUT2D eigenvalue weighted by atomic mass is 19.4. The van der Waals surface area contributed by atoms with Crippen LogP contribution in [0.5, 0.6) is 0 Å². The van der Waals surface area contributed by atoms with Crippen LogP contribution in [0.1, 0.15) is 12.8 Å². The predicted octanol–water partition coefficient (Wildman–Crippen LogP) is 0.914. The first-order chi connectivity index (χ1) is 7.43. The number of rotatable bonds is 6. The Labute approximate surface area is 91.7 Å². The van der Waals surface area contributed by atoms with E-state index < -0.39 is 24.5 Å². The average Bonchev–Trinajstić information content (AvgIpc) is 2.20. The van der Waals surface area contributed by atoms with Crippen LogP contribution in [0.3, 0.4) is 0 Å². The van der Waals surface area contributed by atoms with E-state index in [9.17, 15) is 13.2 Å². The van der Waals surface area contributed by atoms with Crippen LogP contribution in [0, 0.1) is 18.3 Å². The number of unbranched alkanes of at least 4 members (excludes halogenated alkanes) is 1. The first-order valence-electron chi connectivity index (χ1n) is 4.61. The van der Waals surface area contributed by atoms with E-state index >= 15 is 0 Å². The van der Waals surface area contributed by atoms with Crippen molar-refractivity contribution in [3.63, 3.8) is 0 Å². The van der Waals surface area contributed by atoms with Crippen LogP contribution in [0.15, 0.2) is 5.16 Å². The van der Waals surface area contributed by atoms with Crippen molar-refractivity contribution in [3.8, 4) is 12.3 Å². The van der Waals surface area contributed by atoms with E-state index in [1.165, 1.54) is 0 Å². The molecule has 0 rings (SSSR count). The molecule has 0 aromatic rings. The lowest BCUT2D eigenvalue weighted by Crippen LogP contribution is -2.43. The second kappa shape index (κ2) is 6.95. The van der Waals surface area contributed by atoms with E-state index in [2.05, 4.69) is 16.4 Å². The lowest BCUT2D eigenvalue weighted by molar-refractivity contribution is -0.154. The molecular formula is C9H14F3N3O. The van der Waals surface area contributed by atoms with Crippen molar-refractivity contribution < 1.29 is 18.4 Å². The van der Waals surface area contributed by atoms with Crippen molar-refractivity contribution in [2.24, 2.45) is 16.8 Å². The molecule has 92 valence electrons. The van der Waals surface area contributed by atoms with Crippen LogP contribution < -0.4 is 11.1 Å². The highest BCUT2D eigenvalue weighted by Gasteiger charge is 2.42. The Morgan fingerprint density at radius 3 is 2.62 bits per heavy atom. The Bertz CT molecular complexity index is 270. The molecule has 0 aromatic carbocycles. The number of alkyl halides is 3. The third-order valence-electron chi connectivity index (χ3n) is 1.89. The van der Waals surface area contributed by atoms with Gasteiger partial charge in [-0.15, -0.1) is 12.3 Å².